The van der Waals surface area contributed by atoms with E-state index in [-0.39, 0.29) is 23.4 Å². The van der Waals surface area contributed by atoms with Crippen LogP contribution in [0.25, 0.3) is 0 Å². The van der Waals surface area contributed by atoms with E-state index in [0.717, 1.165) is 6.42 Å². The first-order chi connectivity index (χ1) is 8.92. The van der Waals surface area contributed by atoms with Crippen molar-refractivity contribution in [3.8, 4) is 0 Å². The normalized spacial score (nSPS) is 27.9. The molecule has 1 aromatic rings. The first-order valence-electron chi connectivity index (χ1n) is 7.59. The summed E-state index contributed by atoms with van der Waals surface area (Å²) in [6, 6.07) is 6.95. The lowest BCUT2D eigenvalue weighted by atomic mass is 9.75. The second-order valence-corrected chi connectivity index (χ2v) is 7.15. The van der Waals surface area contributed by atoms with Crippen LogP contribution in [0.1, 0.15) is 51.2 Å². The topological polar surface area (TPSA) is 29.3 Å². The molecule has 1 saturated heterocycles. The van der Waals surface area contributed by atoms with Crippen LogP contribution in [0.4, 0.5) is 5.69 Å². The van der Waals surface area contributed by atoms with Gasteiger partial charge in [-0.15, -0.1) is 12.4 Å². The lowest BCUT2D eigenvalue weighted by molar-refractivity contribution is 0.211. The van der Waals surface area contributed by atoms with Gasteiger partial charge in [-0.3, -0.25) is 0 Å². The molecule has 1 heterocycles. The van der Waals surface area contributed by atoms with E-state index in [0.29, 0.717) is 0 Å². The summed E-state index contributed by atoms with van der Waals surface area (Å²) in [4.78, 5) is 2.52. The maximum absolute atomic E-state index is 6.65. The molecule has 1 aliphatic heterocycles. The minimum absolute atomic E-state index is 0. The van der Waals surface area contributed by atoms with Gasteiger partial charge in [0, 0.05) is 24.3 Å². The smallest absolute Gasteiger partial charge is 0.0439 e. The molecule has 2 N–H and O–H groups in total. The first-order valence-corrected chi connectivity index (χ1v) is 7.59. The molecular weight excluding hydrogens is 268 g/mol. The summed E-state index contributed by atoms with van der Waals surface area (Å²) in [5.74, 6) is 0. The van der Waals surface area contributed by atoms with E-state index in [1.807, 2.05) is 0 Å². The Morgan fingerprint density at radius 2 is 1.70 bits per heavy atom. The van der Waals surface area contributed by atoms with E-state index < -0.39 is 0 Å². The molecule has 0 saturated carbocycles. The summed E-state index contributed by atoms with van der Waals surface area (Å²) in [7, 11) is 0. The molecule has 1 atom stereocenters. The lowest BCUT2D eigenvalue weighted by Gasteiger charge is -2.36. The molecule has 0 aromatic heterocycles. The van der Waals surface area contributed by atoms with Gasteiger partial charge in [-0.05, 0) is 61.3 Å². The van der Waals surface area contributed by atoms with Crippen molar-refractivity contribution in [2.24, 2.45) is 11.1 Å². The standard InChI is InChI=1S/C17H26N2.ClH/c1-16(2)12-13-7-8-14(11-15(13)17(16,3)18)19-9-5-4-6-10-19;/h7-8,11H,4-6,9-10,12,18H2,1-3H3;1H. The van der Waals surface area contributed by atoms with Gasteiger partial charge in [0.05, 0.1) is 0 Å². The van der Waals surface area contributed by atoms with Crippen molar-refractivity contribution in [3.63, 3.8) is 0 Å². The molecule has 112 valence electrons. The number of hydrogen-bond acceptors (Lipinski definition) is 2. The van der Waals surface area contributed by atoms with Crippen molar-refractivity contribution < 1.29 is 0 Å². The van der Waals surface area contributed by atoms with Crippen LogP contribution in [-0.2, 0) is 12.0 Å². The van der Waals surface area contributed by atoms with E-state index in [1.165, 1.54) is 49.2 Å². The van der Waals surface area contributed by atoms with E-state index in [2.05, 4.69) is 43.9 Å². The first kappa shape index (κ1) is 15.7. The van der Waals surface area contributed by atoms with Gasteiger partial charge in [0.2, 0.25) is 0 Å². The van der Waals surface area contributed by atoms with Crippen molar-refractivity contribution in [3.05, 3.63) is 29.3 Å². The number of halogens is 1. The van der Waals surface area contributed by atoms with E-state index in [4.69, 9.17) is 5.73 Å². The SMILES string of the molecule is CC1(C)Cc2ccc(N3CCCCC3)cc2C1(C)N.Cl. The Hall–Kier alpha value is -0.730. The molecule has 2 aliphatic rings. The Morgan fingerprint density at radius 3 is 2.35 bits per heavy atom. The van der Waals surface area contributed by atoms with Gasteiger partial charge in [-0.1, -0.05) is 19.9 Å². The highest BCUT2D eigenvalue weighted by molar-refractivity contribution is 5.85. The van der Waals surface area contributed by atoms with Crippen molar-refractivity contribution in [2.45, 2.75) is 52.0 Å². The third-order valence-corrected chi connectivity index (χ3v) is 5.41. The Labute approximate surface area is 129 Å². The highest BCUT2D eigenvalue weighted by atomic mass is 35.5. The van der Waals surface area contributed by atoms with Gasteiger partial charge >= 0.3 is 0 Å². The zero-order valence-corrected chi connectivity index (χ0v) is 13.7. The average molecular weight is 295 g/mol. The monoisotopic (exact) mass is 294 g/mol. The molecule has 2 nitrogen and oxygen atoms in total. The minimum Gasteiger partial charge on any atom is -0.372 e. The summed E-state index contributed by atoms with van der Waals surface area (Å²) >= 11 is 0. The van der Waals surface area contributed by atoms with Crippen LogP contribution in [0.3, 0.4) is 0 Å². The molecule has 0 bridgehead atoms. The quantitative estimate of drug-likeness (QED) is 0.852. The number of rotatable bonds is 1. The number of benzene rings is 1. The number of anilines is 1. The number of hydrogen-bond donors (Lipinski definition) is 1. The summed E-state index contributed by atoms with van der Waals surface area (Å²) in [5.41, 5.74) is 10.8. The molecule has 1 unspecified atom stereocenters. The lowest BCUT2D eigenvalue weighted by Crippen LogP contribution is -2.44. The summed E-state index contributed by atoms with van der Waals surface area (Å²) < 4.78 is 0. The molecule has 3 heteroatoms. The molecule has 1 fully saturated rings. The predicted molar refractivity (Wildman–Crippen MR) is 88.8 cm³/mol. The molecular formula is C17H27ClN2. The third-order valence-electron chi connectivity index (χ3n) is 5.41. The van der Waals surface area contributed by atoms with Crippen LogP contribution in [0, 0.1) is 5.41 Å². The van der Waals surface area contributed by atoms with Gasteiger partial charge in [0.1, 0.15) is 0 Å². The van der Waals surface area contributed by atoms with Crippen LogP contribution in [-0.4, -0.2) is 13.1 Å². The van der Waals surface area contributed by atoms with Gasteiger partial charge in [-0.2, -0.15) is 0 Å². The third kappa shape index (κ3) is 2.33. The van der Waals surface area contributed by atoms with Crippen LogP contribution in [0.5, 0.6) is 0 Å². The molecule has 20 heavy (non-hydrogen) atoms. The van der Waals surface area contributed by atoms with Crippen molar-refractivity contribution in [2.75, 3.05) is 18.0 Å². The zero-order valence-electron chi connectivity index (χ0n) is 12.9. The fourth-order valence-corrected chi connectivity index (χ4v) is 3.58. The number of nitrogens with two attached hydrogens (primary N) is 1. The minimum atomic E-state index is -0.214. The van der Waals surface area contributed by atoms with Crippen molar-refractivity contribution >= 4 is 18.1 Å². The molecule has 0 amide bonds. The number of nitrogens with zero attached hydrogens (tertiary/aromatic N) is 1. The van der Waals surface area contributed by atoms with Crippen LogP contribution in [0.15, 0.2) is 18.2 Å². The van der Waals surface area contributed by atoms with E-state index in [9.17, 15) is 0 Å². The Balaban J connectivity index is 0.00000147. The van der Waals surface area contributed by atoms with Crippen molar-refractivity contribution in [1.29, 1.82) is 0 Å². The molecule has 3 rings (SSSR count). The van der Waals surface area contributed by atoms with Gasteiger partial charge in [-0.25, -0.2) is 0 Å². The van der Waals surface area contributed by atoms with Gasteiger partial charge < -0.3 is 10.6 Å². The van der Waals surface area contributed by atoms with E-state index in [1.54, 1.807) is 0 Å². The summed E-state index contributed by atoms with van der Waals surface area (Å²) in [6.45, 7) is 9.16. The van der Waals surface area contributed by atoms with Crippen molar-refractivity contribution in [1.82, 2.24) is 0 Å². The fourth-order valence-electron chi connectivity index (χ4n) is 3.58. The Bertz CT molecular complexity index is 488. The van der Waals surface area contributed by atoms with Gasteiger partial charge in [0.25, 0.3) is 0 Å². The fraction of sp³-hybridized carbons (Fsp3) is 0.647. The highest BCUT2D eigenvalue weighted by Gasteiger charge is 2.46. The van der Waals surface area contributed by atoms with E-state index >= 15 is 0 Å². The van der Waals surface area contributed by atoms with Crippen LogP contribution >= 0.6 is 12.4 Å². The van der Waals surface area contributed by atoms with Crippen LogP contribution < -0.4 is 10.6 Å². The molecule has 1 aliphatic carbocycles. The molecule has 0 spiro atoms. The maximum Gasteiger partial charge on any atom is 0.0439 e. The summed E-state index contributed by atoms with van der Waals surface area (Å²) in [5, 5.41) is 0. The second kappa shape index (κ2) is 5.23. The Morgan fingerprint density at radius 1 is 1.05 bits per heavy atom. The van der Waals surface area contributed by atoms with Gasteiger partial charge in [0.15, 0.2) is 0 Å². The zero-order chi connectivity index (χ0) is 13.7. The highest BCUT2D eigenvalue weighted by Crippen LogP contribution is 2.48. The average Bonchev–Trinajstić information content (AvgIpc) is 2.56. The maximum atomic E-state index is 6.65. The number of piperidine rings is 1. The predicted octanol–water partition coefficient (Wildman–Crippen LogP) is 3.85. The van der Waals surface area contributed by atoms with Crippen LogP contribution in [0.2, 0.25) is 0 Å². The largest absolute Gasteiger partial charge is 0.372 e. The summed E-state index contributed by atoms with van der Waals surface area (Å²) in [6.07, 6.45) is 5.11. The molecule has 1 aromatic carbocycles. The Kier molecular flexibility index (Phi) is 4.10. The molecule has 0 radical (unpaired) electrons. The number of fused-ring (bicyclic) bond motifs is 1. The second-order valence-electron chi connectivity index (χ2n) is 7.15.